The lowest BCUT2D eigenvalue weighted by Gasteiger charge is -2.28. The summed E-state index contributed by atoms with van der Waals surface area (Å²) in [6.45, 7) is 3.71. The molecule has 1 heterocycles. The Bertz CT molecular complexity index is 582. The Morgan fingerprint density at radius 1 is 1.32 bits per heavy atom. The predicted octanol–water partition coefficient (Wildman–Crippen LogP) is 2.67. The summed E-state index contributed by atoms with van der Waals surface area (Å²) in [5, 5.41) is -0.0979. The SMILES string of the molecule is CCCCN(CC(=O)OC)CC(=O)N1CCS[C@@H]1c1ccc(F)cc1. The maximum absolute atomic E-state index is 13.1. The quantitative estimate of drug-likeness (QED) is 0.661. The summed E-state index contributed by atoms with van der Waals surface area (Å²) >= 11 is 1.67. The number of carbonyl (C=O) groups excluding carboxylic acids is 2. The fourth-order valence-corrected chi connectivity index (χ4v) is 4.03. The number of halogens is 1. The highest BCUT2D eigenvalue weighted by molar-refractivity contribution is 7.99. The van der Waals surface area contributed by atoms with E-state index in [0.29, 0.717) is 13.1 Å². The van der Waals surface area contributed by atoms with Crippen LogP contribution in [0.5, 0.6) is 0 Å². The molecule has 138 valence electrons. The Labute approximate surface area is 152 Å². The molecular formula is C18H25FN2O3S. The fourth-order valence-electron chi connectivity index (χ4n) is 2.75. The van der Waals surface area contributed by atoms with Crippen molar-refractivity contribution < 1.29 is 18.7 Å². The second-order valence-electron chi connectivity index (χ2n) is 6.00. The normalized spacial score (nSPS) is 17.1. The number of methoxy groups -OCH3 is 1. The van der Waals surface area contributed by atoms with Crippen LogP contribution in [-0.4, -0.2) is 60.7 Å². The number of rotatable bonds is 8. The molecular weight excluding hydrogens is 343 g/mol. The Kier molecular flexibility index (Phi) is 7.71. The summed E-state index contributed by atoms with van der Waals surface area (Å²) in [5.74, 6) is 0.210. The Hall–Kier alpha value is -1.60. The molecule has 1 aliphatic heterocycles. The average Bonchev–Trinajstić information content (AvgIpc) is 3.10. The van der Waals surface area contributed by atoms with Gasteiger partial charge in [-0.15, -0.1) is 11.8 Å². The molecule has 5 nitrogen and oxygen atoms in total. The number of unbranched alkanes of at least 4 members (excludes halogenated alkanes) is 1. The minimum absolute atomic E-state index is 0.0145. The Morgan fingerprint density at radius 2 is 2.04 bits per heavy atom. The van der Waals surface area contributed by atoms with Crippen LogP contribution in [0.15, 0.2) is 24.3 Å². The number of amides is 1. The van der Waals surface area contributed by atoms with E-state index in [2.05, 4.69) is 6.92 Å². The molecule has 1 fully saturated rings. The maximum atomic E-state index is 13.1. The highest BCUT2D eigenvalue weighted by Crippen LogP contribution is 2.37. The predicted molar refractivity (Wildman–Crippen MR) is 96.7 cm³/mol. The number of esters is 1. The number of carbonyl (C=O) groups is 2. The molecule has 0 spiro atoms. The van der Waals surface area contributed by atoms with Crippen molar-refractivity contribution in [2.45, 2.75) is 25.1 Å². The van der Waals surface area contributed by atoms with Crippen molar-refractivity contribution in [3.8, 4) is 0 Å². The van der Waals surface area contributed by atoms with E-state index in [0.717, 1.165) is 24.2 Å². The van der Waals surface area contributed by atoms with Crippen LogP contribution >= 0.6 is 11.8 Å². The second-order valence-corrected chi connectivity index (χ2v) is 7.19. The number of nitrogens with zero attached hydrogens (tertiary/aromatic N) is 2. The molecule has 0 aliphatic carbocycles. The van der Waals surface area contributed by atoms with Gasteiger partial charge in [-0.2, -0.15) is 0 Å². The monoisotopic (exact) mass is 368 g/mol. The number of ether oxygens (including phenoxy) is 1. The topological polar surface area (TPSA) is 49.9 Å². The zero-order valence-corrected chi connectivity index (χ0v) is 15.6. The molecule has 1 aromatic rings. The molecule has 1 aromatic carbocycles. The van der Waals surface area contributed by atoms with Crippen molar-refractivity contribution >= 4 is 23.6 Å². The van der Waals surface area contributed by atoms with Gasteiger partial charge in [0.15, 0.2) is 0 Å². The number of hydrogen-bond acceptors (Lipinski definition) is 5. The van der Waals surface area contributed by atoms with Crippen molar-refractivity contribution in [1.82, 2.24) is 9.80 Å². The first-order valence-electron chi connectivity index (χ1n) is 8.50. The summed E-state index contributed by atoms with van der Waals surface area (Å²) in [6, 6.07) is 6.28. The third-order valence-electron chi connectivity index (χ3n) is 4.13. The molecule has 1 amide bonds. The maximum Gasteiger partial charge on any atom is 0.319 e. The first-order valence-corrected chi connectivity index (χ1v) is 9.55. The molecule has 1 aliphatic rings. The summed E-state index contributed by atoms with van der Waals surface area (Å²) < 4.78 is 17.9. The van der Waals surface area contributed by atoms with Gasteiger partial charge < -0.3 is 9.64 Å². The van der Waals surface area contributed by atoms with Crippen molar-refractivity contribution in [1.29, 1.82) is 0 Å². The van der Waals surface area contributed by atoms with E-state index in [9.17, 15) is 14.0 Å². The largest absolute Gasteiger partial charge is 0.468 e. The van der Waals surface area contributed by atoms with Crippen LogP contribution in [-0.2, 0) is 14.3 Å². The van der Waals surface area contributed by atoms with Gasteiger partial charge >= 0.3 is 5.97 Å². The van der Waals surface area contributed by atoms with Crippen LogP contribution < -0.4 is 0 Å². The van der Waals surface area contributed by atoms with Gasteiger partial charge in [-0.3, -0.25) is 14.5 Å². The third-order valence-corrected chi connectivity index (χ3v) is 5.39. The standard InChI is InChI=1S/C18H25FN2O3S/c1-3-4-9-20(13-17(23)24-2)12-16(22)21-10-11-25-18(21)14-5-7-15(19)8-6-14/h5-8,18H,3-4,9-13H2,1-2H3/t18-/m1/s1. The van der Waals surface area contributed by atoms with Gasteiger partial charge in [0.25, 0.3) is 0 Å². The molecule has 1 saturated heterocycles. The first kappa shape index (κ1) is 19.7. The zero-order chi connectivity index (χ0) is 18.2. The summed E-state index contributed by atoms with van der Waals surface area (Å²) in [5.41, 5.74) is 0.922. The van der Waals surface area contributed by atoms with Crippen LogP contribution in [0.25, 0.3) is 0 Å². The minimum atomic E-state index is -0.338. The van der Waals surface area contributed by atoms with E-state index >= 15 is 0 Å². The first-order chi connectivity index (χ1) is 12.0. The number of thioether (sulfide) groups is 1. The molecule has 0 radical (unpaired) electrons. The van der Waals surface area contributed by atoms with E-state index in [1.54, 1.807) is 23.9 Å². The van der Waals surface area contributed by atoms with E-state index < -0.39 is 0 Å². The molecule has 25 heavy (non-hydrogen) atoms. The van der Waals surface area contributed by atoms with Gasteiger partial charge in [-0.25, -0.2) is 4.39 Å². The molecule has 0 saturated carbocycles. The van der Waals surface area contributed by atoms with E-state index in [4.69, 9.17) is 4.74 Å². The smallest absolute Gasteiger partial charge is 0.319 e. The van der Waals surface area contributed by atoms with Crippen molar-refractivity contribution in [3.05, 3.63) is 35.6 Å². The van der Waals surface area contributed by atoms with Gasteiger partial charge in [-0.1, -0.05) is 25.5 Å². The molecule has 0 unspecified atom stereocenters. The van der Waals surface area contributed by atoms with E-state index in [1.165, 1.54) is 19.2 Å². The molecule has 7 heteroatoms. The Balaban J connectivity index is 2.02. The van der Waals surface area contributed by atoms with Crippen LogP contribution in [0, 0.1) is 5.82 Å². The lowest BCUT2D eigenvalue weighted by atomic mass is 10.2. The molecule has 2 rings (SSSR count). The molecule has 0 aromatic heterocycles. The zero-order valence-electron chi connectivity index (χ0n) is 14.7. The highest BCUT2D eigenvalue weighted by atomic mass is 32.2. The minimum Gasteiger partial charge on any atom is -0.468 e. The van der Waals surface area contributed by atoms with Gasteiger partial charge in [0.2, 0.25) is 5.91 Å². The van der Waals surface area contributed by atoms with Gasteiger partial charge in [-0.05, 0) is 30.7 Å². The van der Waals surface area contributed by atoms with Crippen molar-refractivity contribution in [2.75, 3.05) is 39.0 Å². The lowest BCUT2D eigenvalue weighted by Crippen LogP contribution is -2.42. The van der Waals surface area contributed by atoms with Gasteiger partial charge in [0, 0.05) is 12.3 Å². The Morgan fingerprint density at radius 3 is 2.68 bits per heavy atom. The van der Waals surface area contributed by atoms with Crippen LogP contribution in [0.3, 0.4) is 0 Å². The fraction of sp³-hybridized carbons (Fsp3) is 0.556. The number of hydrogen-bond donors (Lipinski definition) is 0. The summed E-state index contributed by atoms with van der Waals surface area (Å²) in [7, 11) is 1.35. The molecule has 1 atom stereocenters. The van der Waals surface area contributed by atoms with E-state index in [-0.39, 0.29) is 36.2 Å². The van der Waals surface area contributed by atoms with Crippen molar-refractivity contribution in [3.63, 3.8) is 0 Å². The average molecular weight is 368 g/mol. The summed E-state index contributed by atoms with van der Waals surface area (Å²) in [6.07, 6.45) is 1.91. The van der Waals surface area contributed by atoms with Crippen LogP contribution in [0.2, 0.25) is 0 Å². The van der Waals surface area contributed by atoms with Crippen LogP contribution in [0.4, 0.5) is 4.39 Å². The highest BCUT2D eigenvalue weighted by Gasteiger charge is 2.31. The molecule has 0 bridgehead atoms. The number of benzene rings is 1. The molecule has 0 N–H and O–H groups in total. The van der Waals surface area contributed by atoms with Crippen molar-refractivity contribution in [2.24, 2.45) is 0 Å². The lowest BCUT2D eigenvalue weighted by molar-refractivity contribution is -0.143. The second kappa shape index (κ2) is 9.77. The summed E-state index contributed by atoms with van der Waals surface area (Å²) in [4.78, 5) is 28.0. The van der Waals surface area contributed by atoms with Gasteiger partial charge in [0.1, 0.15) is 11.2 Å². The van der Waals surface area contributed by atoms with E-state index in [1.807, 2.05) is 9.80 Å². The van der Waals surface area contributed by atoms with Crippen LogP contribution in [0.1, 0.15) is 30.7 Å². The third kappa shape index (κ3) is 5.71. The van der Waals surface area contributed by atoms with Gasteiger partial charge in [0.05, 0.1) is 20.2 Å².